The third-order valence-corrected chi connectivity index (χ3v) is 3.07. The molecule has 72 valence electrons. The van der Waals surface area contributed by atoms with Crippen molar-refractivity contribution in [2.75, 3.05) is 18.2 Å². The van der Waals surface area contributed by atoms with Gasteiger partial charge in [-0.15, -0.1) is 0 Å². The van der Waals surface area contributed by atoms with Crippen molar-refractivity contribution in [2.24, 2.45) is 0 Å². The Balaban J connectivity index is 2.90. The Bertz CT molecular complexity index is 327. The van der Waals surface area contributed by atoms with Gasteiger partial charge in [0.1, 0.15) is 6.67 Å². The molecule has 0 amide bonds. The van der Waals surface area contributed by atoms with Crippen molar-refractivity contribution in [3.63, 3.8) is 0 Å². The number of halogens is 1. The molecule has 0 aliphatic heterocycles. The second-order valence-electron chi connectivity index (χ2n) is 2.76. The Morgan fingerprint density at radius 2 is 2.23 bits per heavy atom. The predicted octanol–water partition coefficient (Wildman–Crippen LogP) is 1.65. The maximum absolute atomic E-state index is 11.9. The minimum Gasteiger partial charge on any atom is -0.399 e. The van der Waals surface area contributed by atoms with E-state index in [-0.39, 0.29) is 5.75 Å². The Hall–Kier alpha value is -0.900. The summed E-state index contributed by atoms with van der Waals surface area (Å²) in [7, 11) is -1.23. The van der Waals surface area contributed by atoms with E-state index in [4.69, 9.17) is 5.73 Å². The zero-order chi connectivity index (χ0) is 9.84. The van der Waals surface area contributed by atoms with Crippen molar-refractivity contribution >= 4 is 16.5 Å². The monoisotopic (exact) mass is 201 g/mol. The number of hydrogen-bond donors (Lipinski definition) is 1. The molecule has 0 saturated heterocycles. The van der Waals surface area contributed by atoms with Crippen LogP contribution in [0.2, 0.25) is 0 Å². The number of nitrogens with two attached hydrogens (primary N) is 1. The summed E-state index contributed by atoms with van der Waals surface area (Å²) in [6, 6.07) is 5.11. The molecule has 1 aromatic rings. The molecule has 13 heavy (non-hydrogen) atoms. The Morgan fingerprint density at radius 3 is 2.77 bits per heavy atom. The first kappa shape index (κ1) is 10.2. The zero-order valence-electron chi connectivity index (χ0n) is 7.42. The molecule has 4 heteroatoms. The van der Waals surface area contributed by atoms with E-state index in [2.05, 4.69) is 0 Å². The van der Waals surface area contributed by atoms with Gasteiger partial charge in [0.25, 0.3) is 0 Å². The van der Waals surface area contributed by atoms with E-state index in [1.807, 2.05) is 6.92 Å². The molecule has 0 radical (unpaired) electrons. The first-order valence-corrected chi connectivity index (χ1v) is 5.27. The lowest BCUT2D eigenvalue weighted by Gasteiger charge is -2.03. The highest BCUT2D eigenvalue weighted by Crippen LogP contribution is 2.15. The highest BCUT2D eigenvalue weighted by molar-refractivity contribution is 7.85. The molecule has 0 bridgehead atoms. The average Bonchev–Trinajstić information content (AvgIpc) is 2.10. The van der Waals surface area contributed by atoms with E-state index in [0.717, 1.165) is 5.56 Å². The molecule has 0 aliphatic carbocycles. The van der Waals surface area contributed by atoms with Crippen LogP contribution in [0.15, 0.2) is 23.1 Å². The van der Waals surface area contributed by atoms with E-state index in [1.54, 1.807) is 18.2 Å². The van der Waals surface area contributed by atoms with Gasteiger partial charge >= 0.3 is 0 Å². The number of benzene rings is 1. The van der Waals surface area contributed by atoms with E-state index in [9.17, 15) is 8.60 Å². The number of nitrogen functional groups attached to an aromatic ring is 1. The number of hydrogen-bond acceptors (Lipinski definition) is 2. The molecule has 0 aliphatic rings. The van der Waals surface area contributed by atoms with Crippen molar-refractivity contribution in [3.05, 3.63) is 23.8 Å². The van der Waals surface area contributed by atoms with Crippen LogP contribution < -0.4 is 5.73 Å². The lowest BCUT2D eigenvalue weighted by Crippen LogP contribution is -2.00. The third kappa shape index (κ3) is 2.52. The standard InChI is InChI=1S/C9H12FNOS/c1-7-6-8(2-3-9(7)11)13(12)5-4-10/h2-3,6H,4-5,11H2,1H3. The second-order valence-corrected chi connectivity index (χ2v) is 4.33. The van der Waals surface area contributed by atoms with Gasteiger partial charge in [0, 0.05) is 10.6 Å². The average molecular weight is 201 g/mol. The molecular weight excluding hydrogens is 189 g/mol. The third-order valence-electron chi connectivity index (χ3n) is 1.77. The first-order valence-electron chi connectivity index (χ1n) is 3.95. The SMILES string of the molecule is Cc1cc(S(=O)CCF)ccc1N. The molecule has 2 nitrogen and oxygen atoms in total. The summed E-state index contributed by atoms with van der Waals surface area (Å²) in [5, 5.41) is 0. The van der Waals surface area contributed by atoms with Crippen LogP contribution in [0.3, 0.4) is 0 Å². The van der Waals surface area contributed by atoms with Crippen LogP contribution >= 0.6 is 0 Å². The molecule has 0 spiro atoms. The van der Waals surface area contributed by atoms with Gasteiger partial charge in [0.15, 0.2) is 0 Å². The van der Waals surface area contributed by atoms with Gasteiger partial charge in [0.05, 0.1) is 16.6 Å². The second kappa shape index (κ2) is 4.37. The van der Waals surface area contributed by atoms with Crippen molar-refractivity contribution in [1.29, 1.82) is 0 Å². The summed E-state index contributed by atoms with van der Waals surface area (Å²) in [6.45, 7) is 1.28. The number of aryl methyl sites for hydroxylation is 1. The zero-order valence-corrected chi connectivity index (χ0v) is 8.23. The molecule has 0 aromatic heterocycles. The van der Waals surface area contributed by atoms with E-state index >= 15 is 0 Å². The van der Waals surface area contributed by atoms with Crippen molar-refractivity contribution in [2.45, 2.75) is 11.8 Å². The first-order chi connectivity index (χ1) is 6.15. The topological polar surface area (TPSA) is 43.1 Å². The summed E-state index contributed by atoms with van der Waals surface area (Å²) < 4.78 is 23.2. The van der Waals surface area contributed by atoms with E-state index in [1.165, 1.54) is 0 Å². The van der Waals surface area contributed by atoms with Crippen LogP contribution in [-0.4, -0.2) is 16.6 Å². The molecule has 1 rings (SSSR count). The van der Waals surface area contributed by atoms with Crippen LogP contribution in [-0.2, 0) is 10.8 Å². The normalized spacial score (nSPS) is 12.8. The summed E-state index contributed by atoms with van der Waals surface area (Å²) in [4.78, 5) is 0.643. The highest BCUT2D eigenvalue weighted by Gasteiger charge is 2.04. The van der Waals surface area contributed by atoms with Gasteiger partial charge < -0.3 is 5.73 Å². The van der Waals surface area contributed by atoms with Gasteiger partial charge in [-0.05, 0) is 30.7 Å². The largest absolute Gasteiger partial charge is 0.399 e. The molecule has 2 N–H and O–H groups in total. The smallest absolute Gasteiger partial charge is 0.101 e. The van der Waals surface area contributed by atoms with Gasteiger partial charge in [-0.25, -0.2) is 0 Å². The molecule has 0 saturated carbocycles. The van der Waals surface area contributed by atoms with Crippen LogP contribution in [0.25, 0.3) is 0 Å². The number of rotatable bonds is 3. The quantitative estimate of drug-likeness (QED) is 0.756. The minimum absolute atomic E-state index is 0.0589. The number of alkyl halides is 1. The molecule has 1 aromatic carbocycles. The number of anilines is 1. The van der Waals surface area contributed by atoms with Crippen molar-refractivity contribution < 1.29 is 8.60 Å². The predicted molar refractivity (Wildman–Crippen MR) is 52.8 cm³/mol. The summed E-state index contributed by atoms with van der Waals surface area (Å²) in [5.74, 6) is 0.0589. The summed E-state index contributed by atoms with van der Waals surface area (Å²) in [5.41, 5.74) is 7.14. The van der Waals surface area contributed by atoms with E-state index in [0.29, 0.717) is 10.6 Å². The van der Waals surface area contributed by atoms with Crippen LogP contribution in [0.1, 0.15) is 5.56 Å². The van der Waals surface area contributed by atoms with Crippen LogP contribution in [0, 0.1) is 6.92 Å². The van der Waals surface area contributed by atoms with Gasteiger partial charge in [-0.3, -0.25) is 8.60 Å². The maximum atomic E-state index is 11.9. The lowest BCUT2D eigenvalue weighted by molar-refractivity contribution is 0.528. The molecule has 0 fully saturated rings. The van der Waals surface area contributed by atoms with Crippen molar-refractivity contribution in [3.8, 4) is 0 Å². The molecule has 1 unspecified atom stereocenters. The summed E-state index contributed by atoms with van der Waals surface area (Å²) in [6.07, 6.45) is 0. The molecule has 1 atom stereocenters. The Morgan fingerprint density at radius 1 is 1.54 bits per heavy atom. The van der Waals surface area contributed by atoms with Gasteiger partial charge in [-0.2, -0.15) is 0 Å². The van der Waals surface area contributed by atoms with Crippen LogP contribution in [0.5, 0.6) is 0 Å². The van der Waals surface area contributed by atoms with Gasteiger partial charge in [-0.1, -0.05) is 0 Å². The van der Waals surface area contributed by atoms with Crippen LogP contribution in [0.4, 0.5) is 10.1 Å². The van der Waals surface area contributed by atoms with E-state index < -0.39 is 17.5 Å². The minimum atomic E-state index is -1.23. The molecule has 0 heterocycles. The fourth-order valence-corrected chi connectivity index (χ4v) is 1.88. The maximum Gasteiger partial charge on any atom is 0.101 e. The highest BCUT2D eigenvalue weighted by atomic mass is 32.2. The Kier molecular flexibility index (Phi) is 3.42. The fourth-order valence-electron chi connectivity index (χ4n) is 0.978. The molecular formula is C9H12FNOS. The summed E-state index contributed by atoms with van der Waals surface area (Å²) >= 11 is 0. The van der Waals surface area contributed by atoms with Gasteiger partial charge in [0.2, 0.25) is 0 Å². The fraction of sp³-hybridized carbons (Fsp3) is 0.333. The lowest BCUT2D eigenvalue weighted by atomic mass is 10.2. The Labute approximate surface area is 79.4 Å². The van der Waals surface area contributed by atoms with Crippen molar-refractivity contribution in [1.82, 2.24) is 0 Å².